The van der Waals surface area contributed by atoms with Crippen LogP contribution in [0.15, 0.2) is 30.5 Å². The third-order valence-corrected chi connectivity index (χ3v) is 3.24. The van der Waals surface area contributed by atoms with Crippen LogP contribution in [0.4, 0.5) is 0 Å². The lowest BCUT2D eigenvalue weighted by molar-refractivity contribution is 0.0687. The van der Waals surface area contributed by atoms with Gasteiger partial charge in [0.05, 0.1) is 0 Å². The molecule has 0 saturated carbocycles. The minimum atomic E-state index is -1.04. The Morgan fingerprint density at radius 2 is 2.05 bits per heavy atom. The van der Waals surface area contributed by atoms with Gasteiger partial charge in [0.25, 0.3) is 0 Å². The highest BCUT2D eigenvalue weighted by atomic mass is 16.5. The first-order valence-electron chi connectivity index (χ1n) is 6.37. The molecule has 20 heavy (non-hydrogen) atoms. The number of carboxylic acids is 1. The maximum absolute atomic E-state index is 11.1. The van der Waals surface area contributed by atoms with E-state index in [0.717, 1.165) is 22.4 Å². The molecule has 1 N–H and O–H groups in total. The molecule has 0 atom stereocenters. The summed E-state index contributed by atoms with van der Waals surface area (Å²) >= 11 is 0. The molecule has 0 radical (unpaired) electrons. The predicted molar refractivity (Wildman–Crippen MR) is 76.2 cm³/mol. The van der Waals surface area contributed by atoms with Crippen LogP contribution in [0.1, 0.15) is 32.7 Å². The topological polar surface area (TPSA) is 59.4 Å². The number of carboxylic acid groups (broad SMARTS) is 1. The van der Waals surface area contributed by atoms with E-state index in [2.05, 4.69) is 11.1 Å². The first kappa shape index (κ1) is 14.1. The molecule has 4 nitrogen and oxygen atoms in total. The normalized spacial score (nSPS) is 10.3. The Morgan fingerprint density at radius 3 is 2.75 bits per heavy atom. The average molecular weight is 271 g/mol. The molecular formula is C16H17NO3. The van der Waals surface area contributed by atoms with Gasteiger partial charge in [0.1, 0.15) is 12.4 Å². The van der Waals surface area contributed by atoms with Crippen molar-refractivity contribution in [3.05, 3.63) is 58.4 Å². The fraction of sp³-hybridized carbons (Fsp3) is 0.250. The van der Waals surface area contributed by atoms with E-state index in [-0.39, 0.29) is 12.3 Å². The van der Waals surface area contributed by atoms with Crippen LogP contribution in [0.3, 0.4) is 0 Å². The lowest BCUT2D eigenvalue weighted by Crippen LogP contribution is -2.08. The highest BCUT2D eigenvalue weighted by molar-refractivity contribution is 5.86. The van der Waals surface area contributed by atoms with Gasteiger partial charge in [-0.2, -0.15) is 0 Å². The number of carbonyl (C=O) groups is 1. The molecule has 1 aromatic heterocycles. The first-order valence-corrected chi connectivity index (χ1v) is 6.37. The van der Waals surface area contributed by atoms with E-state index in [1.165, 1.54) is 6.20 Å². The average Bonchev–Trinajstić information content (AvgIpc) is 2.41. The second-order valence-electron chi connectivity index (χ2n) is 4.81. The van der Waals surface area contributed by atoms with Gasteiger partial charge in [-0.05, 0) is 49.6 Å². The maximum Gasteiger partial charge on any atom is 0.354 e. The van der Waals surface area contributed by atoms with Crippen molar-refractivity contribution in [1.29, 1.82) is 0 Å². The number of aromatic nitrogens is 1. The van der Waals surface area contributed by atoms with Crippen LogP contribution in [-0.4, -0.2) is 16.1 Å². The van der Waals surface area contributed by atoms with Gasteiger partial charge < -0.3 is 9.84 Å². The van der Waals surface area contributed by atoms with Crippen LogP contribution in [-0.2, 0) is 6.61 Å². The van der Waals surface area contributed by atoms with Crippen LogP contribution in [0, 0.1) is 20.8 Å². The summed E-state index contributed by atoms with van der Waals surface area (Å²) in [5, 5.41) is 9.09. The van der Waals surface area contributed by atoms with E-state index < -0.39 is 5.97 Å². The summed E-state index contributed by atoms with van der Waals surface area (Å²) in [5.74, 6) is -0.260. The SMILES string of the molecule is Cc1cc(C)c(C)c(OCc2cccnc2C(=O)O)c1. The summed E-state index contributed by atoms with van der Waals surface area (Å²) in [5.41, 5.74) is 3.95. The molecule has 0 aliphatic heterocycles. The number of rotatable bonds is 4. The largest absolute Gasteiger partial charge is 0.489 e. The summed E-state index contributed by atoms with van der Waals surface area (Å²) < 4.78 is 5.77. The minimum absolute atomic E-state index is 0.0366. The fourth-order valence-corrected chi connectivity index (χ4v) is 2.05. The molecule has 0 aliphatic rings. The van der Waals surface area contributed by atoms with Crippen molar-refractivity contribution in [2.45, 2.75) is 27.4 Å². The number of aryl methyl sites for hydroxylation is 2. The van der Waals surface area contributed by atoms with Crippen molar-refractivity contribution < 1.29 is 14.6 Å². The van der Waals surface area contributed by atoms with Crippen LogP contribution in [0.5, 0.6) is 5.75 Å². The van der Waals surface area contributed by atoms with Crippen LogP contribution >= 0.6 is 0 Å². The fourth-order valence-electron chi connectivity index (χ4n) is 2.05. The minimum Gasteiger partial charge on any atom is -0.489 e. The highest BCUT2D eigenvalue weighted by Crippen LogP contribution is 2.24. The number of hydrogen-bond acceptors (Lipinski definition) is 3. The van der Waals surface area contributed by atoms with Crippen LogP contribution < -0.4 is 4.74 Å². The maximum atomic E-state index is 11.1. The van der Waals surface area contributed by atoms with Crippen molar-refractivity contribution in [2.75, 3.05) is 0 Å². The molecular weight excluding hydrogens is 254 g/mol. The van der Waals surface area contributed by atoms with E-state index in [9.17, 15) is 4.79 Å². The third kappa shape index (κ3) is 2.96. The summed E-state index contributed by atoms with van der Waals surface area (Å²) in [7, 11) is 0. The summed E-state index contributed by atoms with van der Waals surface area (Å²) in [6, 6.07) is 7.47. The highest BCUT2D eigenvalue weighted by Gasteiger charge is 2.12. The zero-order chi connectivity index (χ0) is 14.7. The number of nitrogens with zero attached hydrogens (tertiary/aromatic N) is 1. The second kappa shape index (κ2) is 5.74. The van der Waals surface area contributed by atoms with Gasteiger partial charge in [0.2, 0.25) is 0 Å². The molecule has 4 heteroatoms. The molecule has 104 valence electrons. The molecule has 0 fully saturated rings. The number of pyridine rings is 1. The monoisotopic (exact) mass is 271 g/mol. The Labute approximate surface area is 118 Å². The molecule has 2 aromatic rings. The Balaban J connectivity index is 2.24. The smallest absolute Gasteiger partial charge is 0.354 e. The van der Waals surface area contributed by atoms with Gasteiger partial charge in [-0.1, -0.05) is 12.1 Å². The molecule has 1 aromatic carbocycles. The quantitative estimate of drug-likeness (QED) is 0.927. The van der Waals surface area contributed by atoms with Crippen molar-refractivity contribution in [1.82, 2.24) is 4.98 Å². The molecule has 2 rings (SSSR count). The Bertz CT molecular complexity index is 650. The zero-order valence-corrected chi connectivity index (χ0v) is 11.8. The van der Waals surface area contributed by atoms with Gasteiger partial charge in [-0.3, -0.25) is 0 Å². The van der Waals surface area contributed by atoms with Gasteiger partial charge in [-0.25, -0.2) is 9.78 Å². The summed E-state index contributed by atoms with van der Waals surface area (Å²) in [6.07, 6.45) is 1.47. The standard InChI is InChI=1S/C16H17NO3/c1-10-7-11(2)12(3)14(8-10)20-9-13-5-4-6-17-15(13)16(18)19/h4-8H,9H2,1-3H3,(H,18,19). The number of benzene rings is 1. The number of aromatic carboxylic acids is 1. The van der Waals surface area contributed by atoms with Crippen molar-refractivity contribution in [3.63, 3.8) is 0 Å². The summed E-state index contributed by atoms with van der Waals surface area (Å²) in [6.45, 7) is 6.22. The Hall–Kier alpha value is -2.36. The van der Waals surface area contributed by atoms with E-state index in [0.29, 0.717) is 5.56 Å². The molecule has 0 saturated heterocycles. The molecule has 0 spiro atoms. The van der Waals surface area contributed by atoms with E-state index in [1.54, 1.807) is 12.1 Å². The molecule has 1 heterocycles. The molecule has 0 aliphatic carbocycles. The molecule has 0 bridgehead atoms. The van der Waals surface area contributed by atoms with Gasteiger partial charge in [0.15, 0.2) is 5.69 Å². The molecule has 0 unspecified atom stereocenters. The third-order valence-electron chi connectivity index (χ3n) is 3.24. The van der Waals surface area contributed by atoms with Crippen molar-refractivity contribution in [2.24, 2.45) is 0 Å². The van der Waals surface area contributed by atoms with E-state index in [4.69, 9.17) is 9.84 Å². The Morgan fingerprint density at radius 1 is 1.30 bits per heavy atom. The molecule has 0 amide bonds. The van der Waals surface area contributed by atoms with Gasteiger partial charge >= 0.3 is 5.97 Å². The van der Waals surface area contributed by atoms with E-state index >= 15 is 0 Å². The van der Waals surface area contributed by atoms with Gasteiger partial charge in [0, 0.05) is 11.8 Å². The predicted octanol–water partition coefficient (Wildman–Crippen LogP) is 3.28. The summed E-state index contributed by atoms with van der Waals surface area (Å²) in [4.78, 5) is 15.0. The lowest BCUT2D eigenvalue weighted by atomic mass is 10.1. The number of hydrogen-bond donors (Lipinski definition) is 1. The second-order valence-corrected chi connectivity index (χ2v) is 4.81. The first-order chi connectivity index (χ1) is 9.49. The van der Waals surface area contributed by atoms with Crippen LogP contribution in [0.2, 0.25) is 0 Å². The zero-order valence-electron chi connectivity index (χ0n) is 11.8. The van der Waals surface area contributed by atoms with Crippen LogP contribution in [0.25, 0.3) is 0 Å². The van der Waals surface area contributed by atoms with Crippen molar-refractivity contribution >= 4 is 5.97 Å². The van der Waals surface area contributed by atoms with E-state index in [1.807, 2.05) is 26.8 Å². The Kier molecular flexibility index (Phi) is 4.03. The number of ether oxygens (including phenoxy) is 1. The van der Waals surface area contributed by atoms with Crippen molar-refractivity contribution in [3.8, 4) is 5.75 Å². The van der Waals surface area contributed by atoms with Gasteiger partial charge in [-0.15, -0.1) is 0 Å². The lowest BCUT2D eigenvalue weighted by Gasteiger charge is -2.13.